The molecule has 1 aliphatic carbocycles. The molecule has 2 atom stereocenters. The summed E-state index contributed by atoms with van der Waals surface area (Å²) in [5.41, 5.74) is 3.09. The van der Waals surface area contributed by atoms with E-state index in [2.05, 4.69) is 45.1 Å². The van der Waals surface area contributed by atoms with Gasteiger partial charge in [-0.25, -0.2) is 4.98 Å². The van der Waals surface area contributed by atoms with Crippen molar-refractivity contribution in [3.05, 3.63) is 23.0 Å². The summed E-state index contributed by atoms with van der Waals surface area (Å²) in [5, 5.41) is 8.55. The Bertz CT molecular complexity index is 869. The van der Waals surface area contributed by atoms with Crippen molar-refractivity contribution in [2.24, 2.45) is 5.41 Å². The van der Waals surface area contributed by atoms with Crippen molar-refractivity contribution in [1.29, 1.82) is 0 Å². The molecule has 0 bridgehead atoms. The molecule has 0 radical (unpaired) electrons. The molecular weight excluding hydrogens is 376 g/mol. The van der Waals surface area contributed by atoms with E-state index in [1.165, 1.54) is 0 Å². The van der Waals surface area contributed by atoms with Crippen molar-refractivity contribution >= 4 is 29.4 Å². The third kappa shape index (κ3) is 4.03. The van der Waals surface area contributed by atoms with E-state index < -0.39 is 0 Å². The Labute approximate surface area is 172 Å². The number of hydrogen-bond donors (Lipinski definition) is 1. The monoisotopic (exact) mass is 406 g/mol. The van der Waals surface area contributed by atoms with Gasteiger partial charge in [-0.3, -0.25) is 4.79 Å². The lowest BCUT2D eigenvalue weighted by molar-refractivity contribution is 0.0604. The van der Waals surface area contributed by atoms with E-state index in [9.17, 15) is 4.79 Å². The molecule has 154 valence electrons. The van der Waals surface area contributed by atoms with E-state index in [0.717, 1.165) is 42.6 Å². The first-order valence-electron chi connectivity index (χ1n) is 10.1. The summed E-state index contributed by atoms with van der Waals surface area (Å²) in [6.45, 7) is 12.3. The van der Waals surface area contributed by atoms with Crippen LogP contribution in [0.25, 0.3) is 11.1 Å². The molecule has 1 N–H and O–H groups in total. The van der Waals surface area contributed by atoms with Crippen LogP contribution >= 0.6 is 12.4 Å². The van der Waals surface area contributed by atoms with Crippen LogP contribution in [0.2, 0.25) is 0 Å². The maximum Gasteiger partial charge on any atom is 0.259 e. The van der Waals surface area contributed by atoms with E-state index >= 15 is 0 Å². The van der Waals surface area contributed by atoms with E-state index in [0.29, 0.717) is 23.7 Å². The van der Waals surface area contributed by atoms with Crippen LogP contribution in [0.4, 0.5) is 0 Å². The van der Waals surface area contributed by atoms with Crippen LogP contribution in [0.15, 0.2) is 10.6 Å². The Morgan fingerprint density at radius 3 is 2.68 bits per heavy atom. The topological polar surface area (TPSA) is 71.3 Å². The first-order chi connectivity index (χ1) is 12.7. The average molecular weight is 407 g/mol. The number of carbonyl (C=O) groups is 1. The Balaban J connectivity index is 0.00000225. The molecule has 1 saturated heterocycles. The number of nitrogens with one attached hydrogen (secondary N) is 1. The van der Waals surface area contributed by atoms with Crippen molar-refractivity contribution in [2.45, 2.75) is 71.9 Å². The molecular formula is C21H31ClN4O2. The summed E-state index contributed by atoms with van der Waals surface area (Å²) in [4.78, 5) is 20.3. The molecule has 1 amide bonds. The lowest BCUT2D eigenvalue weighted by Crippen LogP contribution is -2.57. The number of nitrogens with zero attached hydrogens (tertiary/aromatic N) is 3. The van der Waals surface area contributed by atoms with E-state index in [1.54, 1.807) is 0 Å². The maximum absolute atomic E-state index is 13.6. The number of carbonyl (C=O) groups excluding carboxylic acids is 1. The highest BCUT2D eigenvalue weighted by molar-refractivity contribution is 6.06. The highest BCUT2D eigenvalue weighted by atomic mass is 35.5. The van der Waals surface area contributed by atoms with Gasteiger partial charge < -0.3 is 14.7 Å². The number of amides is 1. The molecule has 2 aromatic heterocycles. The van der Waals surface area contributed by atoms with Crippen molar-refractivity contribution < 1.29 is 9.32 Å². The second kappa shape index (κ2) is 7.64. The molecule has 3 heterocycles. The molecule has 4 rings (SSSR count). The van der Waals surface area contributed by atoms with E-state index in [1.807, 2.05) is 11.0 Å². The normalized spacial score (nSPS) is 23.0. The summed E-state index contributed by atoms with van der Waals surface area (Å²) in [7, 11) is 0. The minimum atomic E-state index is 0. The van der Waals surface area contributed by atoms with Crippen molar-refractivity contribution in [2.75, 3.05) is 13.1 Å². The van der Waals surface area contributed by atoms with Gasteiger partial charge in [0.05, 0.1) is 16.6 Å². The minimum absolute atomic E-state index is 0. The van der Waals surface area contributed by atoms with Crippen LogP contribution in [0, 0.1) is 5.41 Å². The molecule has 28 heavy (non-hydrogen) atoms. The predicted octanol–water partition coefficient (Wildman–Crippen LogP) is 3.93. The van der Waals surface area contributed by atoms with Gasteiger partial charge in [0.1, 0.15) is 0 Å². The van der Waals surface area contributed by atoms with E-state index in [4.69, 9.17) is 9.51 Å². The zero-order valence-electron chi connectivity index (χ0n) is 17.4. The molecule has 0 aromatic carbocycles. The Hall–Kier alpha value is -1.66. The van der Waals surface area contributed by atoms with Crippen LogP contribution in [0.5, 0.6) is 0 Å². The smallest absolute Gasteiger partial charge is 0.259 e. The molecule has 7 heteroatoms. The molecule has 1 aliphatic heterocycles. The predicted molar refractivity (Wildman–Crippen MR) is 112 cm³/mol. The maximum atomic E-state index is 13.6. The average Bonchev–Trinajstić information content (AvgIpc) is 3.38. The van der Waals surface area contributed by atoms with Crippen LogP contribution in [-0.2, 0) is 6.42 Å². The second-order valence-electron chi connectivity index (χ2n) is 9.40. The zero-order valence-corrected chi connectivity index (χ0v) is 18.2. The summed E-state index contributed by atoms with van der Waals surface area (Å²) in [5.74, 6) is 0.528. The number of rotatable bonds is 3. The lowest BCUT2D eigenvalue weighted by atomic mass is 9.89. The third-order valence-electron chi connectivity index (χ3n) is 5.76. The highest BCUT2D eigenvalue weighted by Gasteiger charge is 2.34. The Morgan fingerprint density at radius 1 is 1.32 bits per heavy atom. The summed E-state index contributed by atoms with van der Waals surface area (Å²) in [6, 6.07) is 2.43. The van der Waals surface area contributed by atoms with Gasteiger partial charge in [-0.15, -0.1) is 12.4 Å². The van der Waals surface area contributed by atoms with Gasteiger partial charge in [0.2, 0.25) is 0 Å². The van der Waals surface area contributed by atoms with E-state index in [-0.39, 0.29) is 35.8 Å². The molecule has 2 aliphatic rings. The highest BCUT2D eigenvalue weighted by Crippen LogP contribution is 2.41. The van der Waals surface area contributed by atoms with Crippen molar-refractivity contribution in [3.63, 3.8) is 0 Å². The molecule has 6 nitrogen and oxygen atoms in total. The number of halogens is 1. The van der Waals surface area contributed by atoms with Crippen LogP contribution in [-0.4, -0.2) is 46.1 Å². The van der Waals surface area contributed by atoms with Crippen molar-refractivity contribution in [1.82, 2.24) is 20.4 Å². The summed E-state index contributed by atoms with van der Waals surface area (Å²) >= 11 is 0. The van der Waals surface area contributed by atoms with Gasteiger partial charge in [-0.2, -0.15) is 0 Å². The van der Waals surface area contributed by atoms with Gasteiger partial charge >= 0.3 is 0 Å². The first-order valence-corrected chi connectivity index (χ1v) is 10.1. The largest absolute Gasteiger partial charge is 0.336 e. The fourth-order valence-corrected chi connectivity index (χ4v) is 3.91. The number of pyridine rings is 1. The second-order valence-corrected chi connectivity index (χ2v) is 9.40. The molecule has 0 spiro atoms. The number of hydrogen-bond acceptors (Lipinski definition) is 5. The van der Waals surface area contributed by atoms with Gasteiger partial charge in [-0.1, -0.05) is 25.9 Å². The molecule has 2 unspecified atom stereocenters. The van der Waals surface area contributed by atoms with Gasteiger partial charge in [0, 0.05) is 36.8 Å². The van der Waals surface area contributed by atoms with Crippen LogP contribution in [0.1, 0.15) is 75.1 Å². The molecule has 1 saturated carbocycles. The fourth-order valence-electron chi connectivity index (χ4n) is 3.91. The number of fused-ring (bicyclic) bond motifs is 1. The van der Waals surface area contributed by atoms with Crippen LogP contribution in [0.3, 0.4) is 0 Å². The summed E-state index contributed by atoms with van der Waals surface area (Å²) < 4.78 is 5.60. The Kier molecular flexibility index (Phi) is 5.74. The quantitative estimate of drug-likeness (QED) is 0.836. The zero-order chi connectivity index (χ0) is 19.3. The lowest BCUT2D eigenvalue weighted by Gasteiger charge is -2.38. The molecule has 2 aromatic rings. The van der Waals surface area contributed by atoms with Gasteiger partial charge in [-0.05, 0) is 44.6 Å². The summed E-state index contributed by atoms with van der Waals surface area (Å²) in [6.07, 6.45) is 3.02. The van der Waals surface area contributed by atoms with Gasteiger partial charge in [0.15, 0.2) is 0 Å². The third-order valence-corrected chi connectivity index (χ3v) is 5.76. The van der Waals surface area contributed by atoms with Gasteiger partial charge in [0.25, 0.3) is 11.6 Å². The first kappa shape index (κ1) is 21.1. The van der Waals surface area contributed by atoms with Crippen LogP contribution < -0.4 is 5.32 Å². The van der Waals surface area contributed by atoms with Crippen molar-refractivity contribution in [3.8, 4) is 0 Å². The fraction of sp³-hybridized carbons (Fsp3) is 0.667. The Morgan fingerprint density at radius 2 is 2.04 bits per heavy atom. The standard InChI is InChI=1S/C21H30N4O2.ClH/c1-12-13(2)25(9-8-22-12)20(26)15-10-16(14-6-7-14)23-19-18(15)17(24-27-19)11-21(3,4)5;/h10,12-14,22H,6-9,11H2,1-5H3;1H. The number of piperazine rings is 1. The molecule has 2 fully saturated rings. The minimum Gasteiger partial charge on any atom is -0.336 e. The number of aromatic nitrogens is 2. The SMILES string of the molecule is CC1NCCN(C(=O)c2cc(C3CC3)nc3onc(CC(C)(C)C)c23)C1C.Cl.